The zero-order valence-corrected chi connectivity index (χ0v) is 9.99. The SMILES string of the molecule is CC1OCCC1NC(=O)c1nc(C(=O)O)cs1. The molecule has 0 saturated carbocycles. The van der Waals surface area contributed by atoms with Gasteiger partial charge in [-0.3, -0.25) is 4.79 Å². The van der Waals surface area contributed by atoms with Crippen molar-refractivity contribution >= 4 is 23.2 Å². The number of aromatic carboxylic acids is 1. The molecule has 1 aromatic rings. The summed E-state index contributed by atoms with van der Waals surface area (Å²) < 4.78 is 5.32. The van der Waals surface area contributed by atoms with E-state index in [9.17, 15) is 9.59 Å². The first-order valence-corrected chi connectivity index (χ1v) is 6.07. The number of nitrogens with one attached hydrogen (secondary N) is 1. The van der Waals surface area contributed by atoms with Crippen molar-refractivity contribution in [2.45, 2.75) is 25.5 Å². The van der Waals surface area contributed by atoms with Crippen LogP contribution in [0.5, 0.6) is 0 Å². The van der Waals surface area contributed by atoms with Crippen molar-refractivity contribution in [2.24, 2.45) is 0 Å². The predicted octanol–water partition coefficient (Wildman–Crippen LogP) is 0.749. The molecule has 1 aliphatic rings. The van der Waals surface area contributed by atoms with Gasteiger partial charge in [-0.2, -0.15) is 0 Å². The largest absolute Gasteiger partial charge is 0.476 e. The Labute approximate surface area is 102 Å². The first-order chi connectivity index (χ1) is 8.08. The van der Waals surface area contributed by atoms with Crippen LogP contribution in [0.1, 0.15) is 33.6 Å². The number of carboxylic acid groups (broad SMARTS) is 1. The van der Waals surface area contributed by atoms with Gasteiger partial charge in [0.05, 0.1) is 12.1 Å². The van der Waals surface area contributed by atoms with Gasteiger partial charge in [-0.05, 0) is 13.3 Å². The zero-order valence-electron chi connectivity index (χ0n) is 9.17. The second-order valence-electron chi connectivity index (χ2n) is 3.79. The van der Waals surface area contributed by atoms with Crippen molar-refractivity contribution in [3.8, 4) is 0 Å². The standard InChI is InChI=1S/C10H12N2O4S/c1-5-6(2-3-16-5)11-8(13)9-12-7(4-17-9)10(14)15/h4-6H,2-3H2,1H3,(H,11,13)(H,14,15). The van der Waals surface area contributed by atoms with Crippen molar-refractivity contribution < 1.29 is 19.4 Å². The minimum Gasteiger partial charge on any atom is -0.476 e. The van der Waals surface area contributed by atoms with Gasteiger partial charge >= 0.3 is 5.97 Å². The number of aromatic nitrogens is 1. The van der Waals surface area contributed by atoms with Gasteiger partial charge < -0.3 is 15.2 Å². The molecule has 0 bridgehead atoms. The summed E-state index contributed by atoms with van der Waals surface area (Å²) in [7, 11) is 0. The average Bonchev–Trinajstić information content (AvgIpc) is 2.88. The van der Waals surface area contributed by atoms with Crippen LogP contribution >= 0.6 is 11.3 Å². The summed E-state index contributed by atoms with van der Waals surface area (Å²) in [5.41, 5.74) is -0.101. The molecule has 7 heteroatoms. The van der Waals surface area contributed by atoms with E-state index in [-0.39, 0.29) is 28.8 Å². The summed E-state index contributed by atoms with van der Waals surface area (Å²) in [5, 5.41) is 13.0. The van der Waals surface area contributed by atoms with Crippen LogP contribution in [0.25, 0.3) is 0 Å². The molecule has 0 aromatic carbocycles. The smallest absolute Gasteiger partial charge is 0.355 e. The van der Waals surface area contributed by atoms with Crippen molar-refractivity contribution in [1.82, 2.24) is 10.3 Å². The fourth-order valence-electron chi connectivity index (χ4n) is 1.63. The Kier molecular flexibility index (Phi) is 3.39. The number of nitrogens with zero attached hydrogens (tertiary/aromatic N) is 1. The lowest BCUT2D eigenvalue weighted by atomic mass is 10.1. The highest BCUT2D eigenvalue weighted by Gasteiger charge is 2.27. The normalized spacial score (nSPS) is 23.6. The number of carbonyl (C=O) groups is 2. The van der Waals surface area contributed by atoms with Crippen molar-refractivity contribution in [3.63, 3.8) is 0 Å². The number of hydrogen-bond donors (Lipinski definition) is 2. The molecule has 6 nitrogen and oxygen atoms in total. The number of rotatable bonds is 3. The van der Waals surface area contributed by atoms with Crippen LogP contribution in [0.2, 0.25) is 0 Å². The molecule has 1 amide bonds. The predicted molar refractivity (Wildman–Crippen MR) is 60.4 cm³/mol. The highest BCUT2D eigenvalue weighted by atomic mass is 32.1. The van der Waals surface area contributed by atoms with Gasteiger partial charge in [0.15, 0.2) is 10.7 Å². The molecule has 2 heterocycles. The maximum absolute atomic E-state index is 11.8. The number of carboxylic acids is 1. The lowest BCUT2D eigenvalue weighted by Gasteiger charge is -2.14. The summed E-state index contributed by atoms with van der Waals surface area (Å²) in [5.74, 6) is -1.47. The monoisotopic (exact) mass is 256 g/mol. The van der Waals surface area contributed by atoms with Crippen LogP contribution < -0.4 is 5.32 Å². The Hall–Kier alpha value is -1.47. The fourth-order valence-corrected chi connectivity index (χ4v) is 2.32. The lowest BCUT2D eigenvalue weighted by Crippen LogP contribution is -2.39. The van der Waals surface area contributed by atoms with E-state index in [1.54, 1.807) is 0 Å². The Morgan fingerprint density at radius 2 is 2.41 bits per heavy atom. The van der Waals surface area contributed by atoms with Crippen LogP contribution in [-0.2, 0) is 4.74 Å². The third kappa shape index (κ3) is 2.62. The van der Waals surface area contributed by atoms with Crippen LogP contribution in [0, 0.1) is 0 Å². The molecule has 2 unspecified atom stereocenters. The first-order valence-electron chi connectivity index (χ1n) is 5.19. The molecule has 92 valence electrons. The van der Waals surface area contributed by atoms with Crippen LogP contribution in [0.3, 0.4) is 0 Å². The third-order valence-electron chi connectivity index (χ3n) is 2.61. The molecular formula is C10H12N2O4S. The van der Waals surface area contributed by atoms with E-state index in [2.05, 4.69) is 10.3 Å². The molecule has 2 rings (SSSR count). The third-order valence-corrected chi connectivity index (χ3v) is 3.45. The van der Waals surface area contributed by atoms with E-state index in [0.717, 1.165) is 17.8 Å². The van der Waals surface area contributed by atoms with Gasteiger partial charge in [0.25, 0.3) is 5.91 Å². The number of hydrogen-bond acceptors (Lipinski definition) is 5. The molecular weight excluding hydrogens is 244 g/mol. The molecule has 0 radical (unpaired) electrons. The van der Waals surface area contributed by atoms with Crippen LogP contribution in [0.15, 0.2) is 5.38 Å². The lowest BCUT2D eigenvalue weighted by molar-refractivity contribution is 0.0691. The molecule has 17 heavy (non-hydrogen) atoms. The summed E-state index contributed by atoms with van der Waals surface area (Å²) in [6.07, 6.45) is 0.752. The molecule has 1 aliphatic heterocycles. The minimum atomic E-state index is -1.13. The highest BCUT2D eigenvalue weighted by Crippen LogP contribution is 2.15. The topological polar surface area (TPSA) is 88.5 Å². The number of amides is 1. The Morgan fingerprint density at radius 1 is 1.65 bits per heavy atom. The van der Waals surface area contributed by atoms with Crippen molar-refractivity contribution in [1.29, 1.82) is 0 Å². The molecule has 1 saturated heterocycles. The summed E-state index contributed by atoms with van der Waals surface area (Å²) in [6.45, 7) is 2.52. The Morgan fingerprint density at radius 3 is 2.94 bits per heavy atom. The van der Waals surface area contributed by atoms with E-state index in [1.807, 2.05) is 6.92 Å². The van der Waals surface area contributed by atoms with E-state index in [1.165, 1.54) is 5.38 Å². The van der Waals surface area contributed by atoms with E-state index in [0.29, 0.717) is 6.61 Å². The summed E-state index contributed by atoms with van der Waals surface area (Å²) in [4.78, 5) is 26.1. The number of thiazole rings is 1. The first kappa shape index (κ1) is 12.0. The van der Waals surface area contributed by atoms with Crippen molar-refractivity contribution in [2.75, 3.05) is 6.61 Å². The minimum absolute atomic E-state index is 0.0159. The van der Waals surface area contributed by atoms with Crippen molar-refractivity contribution in [3.05, 3.63) is 16.1 Å². The van der Waals surface area contributed by atoms with Gasteiger partial charge in [0, 0.05) is 12.0 Å². The maximum atomic E-state index is 11.8. The quantitative estimate of drug-likeness (QED) is 0.833. The maximum Gasteiger partial charge on any atom is 0.355 e. The van der Waals surface area contributed by atoms with E-state index in [4.69, 9.17) is 9.84 Å². The second-order valence-corrected chi connectivity index (χ2v) is 4.65. The summed E-state index contributed by atoms with van der Waals surface area (Å²) >= 11 is 1.03. The van der Waals surface area contributed by atoms with Gasteiger partial charge in [-0.15, -0.1) is 11.3 Å². The molecule has 0 aliphatic carbocycles. The summed E-state index contributed by atoms with van der Waals surface area (Å²) in [6, 6.07) is -0.0281. The van der Waals surface area contributed by atoms with Crippen LogP contribution in [0.4, 0.5) is 0 Å². The Balaban J connectivity index is 2.01. The molecule has 0 spiro atoms. The second kappa shape index (κ2) is 4.80. The van der Waals surface area contributed by atoms with Gasteiger partial charge in [-0.1, -0.05) is 0 Å². The Bertz CT molecular complexity index is 445. The molecule has 2 atom stereocenters. The molecule has 1 fully saturated rings. The van der Waals surface area contributed by atoms with E-state index >= 15 is 0 Å². The molecule has 1 aromatic heterocycles. The highest BCUT2D eigenvalue weighted by molar-refractivity contribution is 7.11. The van der Waals surface area contributed by atoms with Gasteiger partial charge in [0.2, 0.25) is 0 Å². The average molecular weight is 256 g/mol. The molecule has 2 N–H and O–H groups in total. The van der Waals surface area contributed by atoms with Gasteiger partial charge in [0.1, 0.15) is 0 Å². The van der Waals surface area contributed by atoms with E-state index < -0.39 is 5.97 Å². The fraction of sp³-hybridized carbons (Fsp3) is 0.500. The van der Waals surface area contributed by atoms with Gasteiger partial charge in [-0.25, -0.2) is 9.78 Å². The number of ether oxygens (including phenoxy) is 1. The van der Waals surface area contributed by atoms with Crippen LogP contribution in [-0.4, -0.2) is 40.7 Å². The zero-order chi connectivity index (χ0) is 12.4. The number of carbonyl (C=O) groups excluding carboxylic acids is 1.